The molecule has 4 rings (SSSR count). The number of aromatic nitrogens is 1. The number of carbonyl (C=O) groups excluding carboxylic acids is 2. The van der Waals surface area contributed by atoms with Crippen LogP contribution < -0.4 is 10.6 Å². The van der Waals surface area contributed by atoms with Gasteiger partial charge in [-0.15, -0.1) is 11.3 Å². The van der Waals surface area contributed by atoms with Crippen molar-refractivity contribution in [3.05, 3.63) is 70.7 Å². The molecular weight excluding hydrogens is 456 g/mol. The number of thiazole rings is 1. The number of carboxylic acid groups (broad SMARTS) is 1. The van der Waals surface area contributed by atoms with Crippen molar-refractivity contribution in [2.45, 2.75) is 11.8 Å². The number of hydrogen-bond acceptors (Lipinski definition) is 6. The Balaban J connectivity index is 1.35. The monoisotopic (exact) mass is 473 g/mol. The van der Waals surface area contributed by atoms with Gasteiger partial charge in [0.05, 0.1) is 6.54 Å². The summed E-state index contributed by atoms with van der Waals surface area (Å²) >= 11 is 0.893. The van der Waals surface area contributed by atoms with Crippen molar-refractivity contribution >= 4 is 34.4 Å². The van der Waals surface area contributed by atoms with Gasteiger partial charge < -0.3 is 15.2 Å². The smallest absolute Gasteiger partial charge is 0.413 e. The number of amides is 2. The number of fused-ring (bicyclic) bond motifs is 3. The zero-order valence-electron chi connectivity index (χ0n) is 16.9. The average molecular weight is 473 g/mol. The molecule has 0 atom stereocenters. The van der Waals surface area contributed by atoms with Gasteiger partial charge in [0.25, 0.3) is 5.91 Å². The predicted octanol–water partition coefficient (Wildman–Crippen LogP) is 3.95. The Morgan fingerprint density at radius 1 is 1.06 bits per heavy atom. The summed E-state index contributed by atoms with van der Waals surface area (Å²) in [5.74, 6) is -7.57. The second kappa shape index (κ2) is 8.94. The third kappa shape index (κ3) is 4.67. The molecule has 0 saturated heterocycles. The summed E-state index contributed by atoms with van der Waals surface area (Å²) in [6.07, 6.45) is -0.782. The first-order valence-electron chi connectivity index (χ1n) is 9.73. The number of ether oxygens (including phenoxy) is 1. The SMILES string of the molecule is O=C(Nc1nc(C(=O)NCC(F)(F)C(=O)O)cs1)OCC1c2ccccc2-c2ccccc21. The molecule has 11 heteroatoms. The van der Waals surface area contributed by atoms with E-state index in [1.54, 1.807) is 5.32 Å². The molecule has 33 heavy (non-hydrogen) atoms. The van der Waals surface area contributed by atoms with Gasteiger partial charge in [-0.05, 0) is 22.3 Å². The third-order valence-corrected chi connectivity index (χ3v) is 5.83. The van der Waals surface area contributed by atoms with Crippen molar-refractivity contribution in [1.82, 2.24) is 10.3 Å². The van der Waals surface area contributed by atoms with E-state index in [0.29, 0.717) is 0 Å². The summed E-state index contributed by atoms with van der Waals surface area (Å²) in [5, 5.41) is 13.9. The lowest BCUT2D eigenvalue weighted by Crippen LogP contribution is -2.42. The van der Waals surface area contributed by atoms with E-state index < -0.39 is 30.4 Å². The molecule has 1 aliphatic carbocycles. The quantitative estimate of drug-likeness (QED) is 0.478. The van der Waals surface area contributed by atoms with Crippen LogP contribution in [0.1, 0.15) is 27.5 Å². The molecule has 3 aromatic rings. The molecule has 0 spiro atoms. The van der Waals surface area contributed by atoms with Crippen molar-refractivity contribution in [1.29, 1.82) is 0 Å². The first-order chi connectivity index (χ1) is 15.8. The molecule has 170 valence electrons. The topological polar surface area (TPSA) is 118 Å². The van der Waals surface area contributed by atoms with Crippen molar-refractivity contribution in [3.8, 4) is 11.1 Å². The summed E-state index contributed by atoms with van der Waals surface area (Å²) in [6, 6.07) is 15.8. The Hall–Kier alpha value is -3.86. The van der Waals surface area contributed by atoms with E-state index in [2.05, 4.69) is 10.3 Å². The fourth-order valence-corrected chi connectivity index (χ4v) is 4.19. The first kappa shape index (κ1) is 22.3. The number of halogens is 2. The van der Waals surface area contributed by atoms with Crippen LogP contribution in [0.5, 0.6) is 0 Å². The van der Waals surface area contributed by atoms with Gasteiger partial charge in [-0.2, -0.15) is 8.78 Å². The molecule has 0 fully saturated rings. The highest BCUT2D eigenvalue weighted by Crippen LogP contribution is 2.44. The molecule has 0 unspecified atom stereocenters. The Morgan fingerprint density at radius 3 is 2.27 bits per heavy atom. The molecule has 2 aromatic carbocycles. The number of carboxylic acids is 1. The van der Waals surface area contributed by atoms with E-state index in [9.17, 15) is 23.2 Å². The number of nitrogens with one attached hydrogen (secondary N) is 2. The zero-order chi connectivity index (χ0) is 23.6. The van der Waals surface area contributed by atoms with E-state index in [4.69, 9.17) is 9.84 Å². The van der Waals surface area contributed by atoms with Crippen LogP contribution in [0.25, 0.3) is 11.1 Å². The van der Waals surface area contributed by atoms with Crippen LogP contribution in [0, 0.1) is 0 Å². The number of nitrogens with zero attached hydrogens (tertiary/aromatic N) is 1. The summed E-state index contributed by atoms with van der Waals surface area (Å²) in [5.41, 5.74) is 4.04. The van der Waals surface area contributed by atoms with E-state index in [-0.39, 0.29) is 23.4 Å². The number of alkyl halides is 2. The van der Waals surface area contributed by atoms with Gasteiger partial charge in [0.2, 0.25) is 0 Å². The summed E-state index contributed by atoms with van der Waals surface area (Å²) in [4.78, 5) is 38.4. The van der Waals surface area contributed by atoms with Crippen LogP contribution in [0.2, 0.25) is 0 Å². The molecule has 0 saturated carbocycles. The Morgan fingerprint density at radius 2 is 1.67 bits per heavy atom. The molecule has 1 aromatic heterocycles. The third-order valence-electron chi connectivity index (χ3n) is 5.07. The molecular formula is C22H17F2N3O5S. The molecule has 0 aliphatic heterocycles. The van der Waals surface area contributed by atoms with Crippen LogP contribution in [-0.4, -0.2) is 47.1 Å². The summed E-state index contributed by atoms with van der Waals surface area (Å²) < 4.78 is 31.6. The Kier molecular flexibility index (Phi) is 6.05. The van der Waals surface area contributed by atoms with Gasteiger partial charge in [-0.25, -0.2) is 14.6 Å². The normalized spacial score (nSPS) is 12.5. The largest absolute Gasteiger partial charge is 0.477 e. The lowest BCUT2D eigenvalue weighted by atomic mass is 9.98. The number of aliphatic carboxylic acids is 1. The highest BCUT2D eigenvalue weighted by atomic mass is 32.1. The second-order valence-electron chi connectivity index (χ2n) is 7.18. The van der Waals surface area contributed by atoms with Gasteiger partial charge >= 0.3 is 18.0 Å². The molecule has 1 aliphatic rings. The minimum Gasteiger partial charge on any atom is -0.477 e. The van der Waals surface area contributed by atoms with E-state index in [0.717, 1.165) is 33.6 Å². The summed E-state index contributed by atoms with van der Waals surface area (Å²) in [7, 11) is 0. The van der Waals surface area contributed by atoms with Gasteiger partial charge in [0.15, 0.2) is 5.13 Å². The predicted molar refractivity (Wildman–Crippen MR) is 116 cm³/mol. The van der Waals surface area contributed by atoms with Crippen molar-refractivity contribution in [2.75, 3.05) is 18.5 Å². The van der Waals surface area contributed by atoms with Crippen LogP contribution in [0.3, 0.4) is 0 Å². The molecule has 1 heterocycles. The number of carbonyl (C=O) groups is 3. The highest BCUT2D eigenvalue weighted by molar-refractivity contribution is 7.14. The maximum Gasteiger partial charge on any atom is 0.413 e. The van der Waals surface area contributed by atoms with Crippen LogP contribution in [0.15, 0.2) is 53.9 Å². The minimum absolute atomic E-state index is 0.0300. The molecule has 0 radical (unpaired) electrons. The molecule has 0 bridgehead atoms. The van der Waals surface area contributed by atoms with Gasteiger partial charge in [0, 0.05) is 11.3 Å². The fraction of sp³-hybridized carbons (Fsp3) is 0.182. The maximum atomic E-state index is 13.1. The Labute approximate surface area is 190 Å². The molecule has 2 amide bonds. The van der Waals surface area contributed by atoms with E-state index in [1.807, 2.05) is 48.5 Å². The van der Waals surface area contributed by atoms with Crippen molar-refractivity contribution in [2.24, 2.45) is 0 Å². The lowest BCUT2D eigenvalue weighted by Gasteiger charge is -2.14. The van der Waals surface area contributed by atoms with Crippen molar-refractivity contribution < 1.29 is 33.0 Å². The zero-order valence-corrected chi connectivity index (χ0v) is 17.7. The highest BCUT2D eigenvalue weighted by Gasteiger charge is 2.39. The second-order valence-corrected chi connectivity index (χ2v) is 8.04. The molecule has 3 N–H and O–H groups in total. The van der Waals surface area contributed by atoms with E-state index in [1.165, 1.54) is 5.38 Å². The summed E-state index contributed by atoms with van der Waals surface area (Å²) in [6.45, 7) is -1.29. The van der Waals surface area contributed by atoms with Crippen LogP contribution in [-0.2, 0) is 9.53 Å². The minimum atomic E-state index is -4.10. The number of rotatable bonds is 7. The van der Waals surface area contributed by atoms with Crippen LogP contribution >= 0.6 is 11.3 Å². The number of hydrogen-bond donors (Lipinski definition) is 3. The van der Waals surface area contributed by atoms with Crippen LogP contribution in [0.4, 0.5) is 18.7 Å². The van der Waals surface area contributed by atoms with Gasteiger partial charge in [-0.3, -0.25) is 10.1 Å². The molecule has 8 nitrogen and oxygen atoms in total. The van der Waals surface area contributed by atoms with Gasteiger partial charge in [0.1, 0.15) is 12.3 Å². The van der Waals surface area contributed by atoms with Crippen molar-refractivity contribution in [3.63, 3.8) is 0 Å². The first-order valence-corrected chi connectivity index (χ1v) is 10.6. The average Bonchev–Trinajstić information content (AvgIpc) is 3.39. The lowest BCUT2D eigenvalue weighted by molar-refractivity contribution is -0.163. The fourth-order valence-electron chi connectivity index (χ4n) is 3.51. The number of anilines is 1. The Bertz CT molecular complexity index is 1180. The standard InChI is InChI=1S/C22H17F2N3O5S/c23-22(24,19(29)30)11-25-18(28)17-10-33-20(26-17)27-21(31)32-9-16-14-7-3-1-5-12(14)13-6-2-4-8-15(13)16/h1-8,10,16H,9,11H2,(H,25,28)(H,29,30)(H,26,27,31). The van der Waals surface area contributed by atoms with Gasteiger partial charge in [-0.1, -0.05) is 48.5 Å². The maximum absolute atomic E-state index is 13.1. The number of benzene rings is 2. The van der Waals surface area contributed by atoms with E-state index >= 15 is 0 Å².